The number of nitrogens with zero attached hydrogens (tertiary/aromatic N) is 4. The fraction of sp³-hybridized carbons (Fsp3) is 0.833. The summed E-state index contributed by atoms with van der Waals surface area (Å²) in [6.07, 6.45) is 13.7. The van der Waals surface area contributed by atoms with E-state index >= 15 is 0 Å². The van der Waals surface area contributed by atoms with Gasteiger partial charge in [0.25, 0.3) is 0 Å². The van der Waals surface area contributed by atoms with Crippen molar-refractivity contribution in [1.29, 1.82) is 0 Å². The highest BCUT2D eigenvalue weighted by Crippen LogP contribution is 2.29. The summed E-state index contributed by atoms with van der Waals surface area (Å²) in [6.45, 7) is 3.11. The minimum Gasteiger partial charge on any atom is -0.356 e. The lowest BCUT2D eigenvalue weighted by atomic mass is 9.96. The van der Waals surface area contributed by atoms with Crippen molar-refractivity contribution in [1.82, 2.24) is 25.4 Å². The second-order valence-electron chi connectivity index (χ2n) is 7.25. The molecule has 1 aliphatic heterocycles. The van der Waals surface area contributed by atoms with Crippen LogP contribution >= 0.6 is 0 Å². The molecule has 2 heterocycles. The van der Waals surface area contributed by atoms with E-state index in [-0.39, 0.29) is 0 Å². The van der Waals surface area contributed by atoms with E-state index < -0.39 is 0 Å². The van der Waals surface area contributed by atoms with Crippen molar-refractivity contribution in [2.24, 2.45) is 10.9 Å². The van der Waals surface area contributed by atoms with E-state index in [1.807, 2.05) is 7.05 Å². The van der Waals surface area contributed by atoms with E-state index in [1.54, 1.807) is 6.33 Å². The van der Waals surface area contributed by atoms with Crippen LogP contribution in [0.3, 0.4) is 0 Å². The SMILES string of the molecule is CN=C(NCCCCC1CCCC1)N1CCC(c2ncn[nH]2)CC1. The minimum absolute atomic E-state index is 0.508. The molecule has 6 nitrogen and oxygen atoms in total. The maximum Gasteiger partial charge on any atom is 0.193 e. The molecule has 1 saturated carbocycles. The number of hydrogen-bond acceptors (Lipinski definition) is 3. The van der Waals surface area contributed by atoms with Crippen molar-refractivity contribution >= 4 is 5.96 Å². The predicted octanol–water partition coefficient (Wildman–Crippen LogP) is 2.92. The summed E-state index contributed by atoms with van der Waals surface area (Å²) in [5, 5.41) is 10.5. The number of hydrogen-bond donors (Lipinski definition) is 2. The molecule has 0 unspecified atom stereocenters. The first kappa shape index (κ1) is 17.2. The van der Waals surface area contributed by atoms with Gasteiger partial charge < -0.3 is 10.2 Å². The van der Waals surface area contributed by atoms with Crippen molar-refractivity contribution in [3.8, 4) is 0 Å². The fourth-order valence-electron chi connectivity index (χ4n) is 4.17. The Morgan fingerprint density at radius 1 is 1.25 bits per heavy atom. The molecule has 1 aliphatic carbocycles. The van der Waals surface area contributed by atoms with Gasteiger partial charge in [0, 0.05) is 32.6 Å². The molecule has 0 atom stereocenters. The lowest BCUT2D eigenvalue weighted by Gasteiger charge is -2.33. The van der Waals surface area contributed by atoms with Crippen LogP contribution in [0.1, 0.15) is 69.5 Å². The first-order chi connectivity index (χ1) is 11.9. The standard InChI is InChI=1S/C18H32N6/c1-19-18(20-11-5-4-8-15-6-2-3-7-15)24-12-9-16(10-13-24)17-21-14-22-23-17/h14-16H,2-13H2,1H3,(H,19,20)(H,21,22,23). The molecule has 2 fully saturated rings. The highest BCUT2D eigenvalue weighted by molar-refractivity contribution is 5.79. The van der Waals surface area contributed by atoms with Crippen LogP contribution in [0, 0.1) is 5.92 Å². The molecule has 0 spiro atoms. The molecule has 2 N–H and O–H groups in total. The van der Waals surface area contributed by atoms with Gasteiger partial charge in [-0.25, -0.2) is 4.98 Å². The third-order valence-electron chi connectivity index (χ3n) is 5.62. The number of aromatic amines is 1. The average molecular weight is 332 g/mol. The van der Waals surface area contributed by atoms with Gasteiger partial charge in [-0.3, -0.25) is 10.1 Å². The van der Waals surface area contributed by atoms with Gasteiger partial charge in [-0.2, -0.15) is 5.10 Å². The van der Waals surface area contributed by atoms with E-state index in [2.05, 4.69) is 30.4 Å². The Hall–Kier alpha value is -1.59. The van der Waals surface area contributed by atoms with Crippen molar-refractivity contribution < 1.29 is 0 Å². The van der Waals surface area contributed by atoms with E-state index in [0.29, 0.717) is 5.92 Å². The molecule has 1 aromatic rings. The van der Waals surface area contributed by atoms with Crippen LogP contribution in [0.5, 0.6) is 0 Å². The maximum absolute atomic E-state index is 4.47. The molecular formula is C18H32N6. The number of aromatic nitrogens is 3. The van der Waals surface area contributed by atoms with Crippen LogP contribution in [-0.2, 0) is 0 Å². The lowest BCUT2D eigenvalue weighted by Crippen LogP contribution is -2.45. The van der Waals surface area contributed by atoms with Crippen molar-refractivity contribution in [2.45, 2.75) is 63.7 Å². The topological polar surface area (TPSA) is 69.2 Å². The summed E-state index contributed by atoms with van der Waals surface area (Å²) in [5.74, 6) is 3.61. The lowest BCUT2D eigenvalue weighted by molar-refractivity contribution is 0.298. The van der Waals surface area contributed by atoms with E-state index in [1.165, 1.54) is 44.9 Å². The van der Waals surface area contributed by atoms with Crippen molar-refractivity contribution in [3.63, 3.8) is 0 Å². The molecule has 6 heteroatoms. The monoisotopic (exact) mass is 332 g/mol. The van der Waals surface area contributed by atoms with Gasteiger partial charge in [0.2, 0.25) is 0 Å². The molecule has 0 amide bonds. The molecule has 1 saturated heterocycles. The third-order valence-corrected chi connectivity index (χ3v) is 5.62. The number of unbranched alkanes of at least 4 members (excludes halogenated alkanes) is 1. The second-order valence-corrected chi connectivity index (χ2v) is 7.25. The van der Waals surface area contributed by atoms with Crippen LogP contribution in [0.25, 0.3) is 0 Å². The Balaban J connectivity index is 1.33. The summed E-state index contributed by atoms with van der Waals surface area (Å²) in [6, 6.07) is 0. The molecule has 2 aliphatic rings. The number of H-pyrrole nitrogens is 1. The maximum atomic E-state index is 4.47. The Labute approximate surface area is 145 Å². The summed E-state index contributed by atoms with van der Waals surface area (Å²) in [5.41, 5.74) is 0. The average Bonchev–Trinajstić information content (AvgIpc) is 3.32. The molecule has 0 radical (unpaired) electrons. The van der Waals surface area contributed by atoms with Crippen LogP contribution in [0.2, 0.25) is 0 Å². The van der Waals surface area contributed by atoms with Gasteiger partial charge in [0.15, 0.2) is 5.96 Å². The number of nitrogens with one attached hydrogen (secondary N) is 2. The molecule has 0 aromatic carbocycles. The first-order valence-electron chi connectivity index (χ1n) is 9.67. The minimum atomic E-state index is 0.508. The van der Waals surface area contributed by atoms with Gasteiger partial charge in [-0.05, 0) is 25.2 Å². The van der Waals surface area contributed by atoms with Crippen LogP contribution < -0.4 is 5.32 Å². The van der Waals surface area contributed by atoms with Crippen LogP contribution in [-0.4, -0.2) is 52.7 Å². The Kier molecular flexibility index (Phi) is 6.49. The number of rotatable bonds is 6. The van der Waals surface area contributed by atoms with Gasteiger partial charge >= 0.3 is 0 Å². The molecule has 0 bridgehead atoms. The molecule has 3 rings (SSSR count). The van der Waals surface area contributed by atoms with E-state index in [0.717, 1.165) is 50.2 Å². The normalized spacial score (nSPS) is 20.7. The third kappa shape index (κ3) is 4.71. The van der Waals surface area contributed by atoms with Crippen molar-refractivity contribution in [3.05, 3.63) is 12.2 Å². The van der Waals surface area contributed by atoms with Gasteiger partial charge in [0.1, 0.15) is 12.2 Å². The first-order valence-corrected chi connectivity index (χ1v) is 9.67. The zero-order chi connectivity index (χ0) is 16.6. The van der Waals surface area contributed by atoms with Crippen molar-refractivity contribution in [2.75, 3.05) is 26.7 Å². The second kappa shape index (κ2) is 9.04. The van der Waals surface area contributed by atoms with E-state index in [4.69, 9.17) is 0 Å². The Bertz CT molecular complexity index is 484. The fourth-order valence-corrected chi connectivity index (χ4v) is 4.17. The zero-order valence-corrected chi connectivity index (χ0v) is 15.0. The largest absolute Gasteiger partial charge is 0.356 e. The highest BCUT2D eigenvalue weighted by Gasteiger charge is 2.24. The summed E-state index contributed by atoms with van der Waals surface area (Å²) < 4.78 is 0. The number of piperidine rings is 1. The summed E-state index contributed by atoms with van der Waals surface area (Å²) in [7, 11) is 1.89. The van der Waals surface area contributed by atoms with Gasteiger partial charge in [-0.1, -0.05) is 38.5 Å². The summed E-state index contributed by atoms with van der Waals surface area (Å²) in [4.78, 5) is 11.2. The molecule has 1 aromatic heterocycles. The van der Waals surface area contributed by atoms with Crippen LogP contribution in [0.15, 0.2) is 11.3 Å². The highest BCUT2D eigenvalue weighted by atomic mass is 15.3. The molecule has 134 valence electrons. The molecule has 24 heavy (non-hydrogen) atoms. The van der Waals surface area contributed by atoms with Gasteiger partial charge in [-0.15, -0.1) is 0 Å². The zero-order valence-electron chi connectivity index (χ0n) is 15.0. The Morgan fingerprint density at radius 2 is 2.04 bits per heavy atom. The molecular weight excluding hydrogens is 300 g/mol. The predicted molar refractivity (Wildman–Crippen MR) is 97.1 cm³/mol. The summed E-state index contributed by atoms with van der Waals surface area (Å²) >= 11 is 0. The Morgan fingerprint density at radius 3 is 2.71 bits per heavy atom. The van der Waals surface area contributed by atoms with Gasteiger partial charge in [0.05, 0.1) is 0 Å². The smallest absolute Gasteiger partial charge is 0.193 e. The number of likely N-dealkylation sites (tertiary alicyclic amines) is 1. The van der Waals surface area contributed by atoms with E-state index in [9.17, 15) is 0 Å². The number of aliphatic imine (C=N–C) groups is 1. The quantitative estimate of drug-likeness (QED) is 0.477. The number of guanidine groups is 1. The van der Waals surface area contributed by atoms with Crippen LogP contribution in [0.4, 0.5) is 0 Å².